The fourth-order valence-electron chi connectivity index (χ4n) is 3.44. The van der Waals surface area contributed by atoms with Gasteiger partial charge in [-0.15, -0.1) is 0 Å². The highest BCUT2D eigenvalue weighted by Gasteiger charge is 2.42. The number of nitrogens with zero attached hydrogens (tertiary/aromatic N) is 3. The zero-order valence-electron chi connectivity index (χ0n) is 15.9. The van der Waals surface area contributed by atoms with E-state index in [2.05, 4.69) is 0 Å². The maximum Gasteiger partial charge on any atom is 0.343 e. The van der Waals surface area contributed by atoms with Gasteiger partial charge in [0.25, 0.3) is 15.7 Å². The molecule has 152 valence electrons. The third-order valence-corrected chi connectivity index (χ3v) is 6.61. The van der Waals surface area contributed by atoms with Crippen LogP contribution in [0.4, 0.5) is 21.9 Å². The average Bonchev–Trinajstić information content (AvgIpc) is 2.73. The highest BCUT2D eigenvalue weighted by atomic mass is 32.2. The van der Waals surface area contributed by atoms with E-state index in [1.165, 1.54) is 29.2 Å². The lowest BCUT2D eigenvalue weighted by molar-refractivity contribution is -0.384. The molecule has 0 radical (unpaired) electrons. The summed E-state index contributed by atoms with van der Waals surface area (Å²) in [6.45, 7) is 1.71. The Morgan fingerprint density at radius 2 is 1.60 bits per heavy atom. The summed E-state index contributed by atoms with van der Waals surface area (Å²) in [6, 6.07) is 18.1. The van der Waals surface area contributed by atoms with Crippen LogP contribution in [0, 0.1) is 17.0 Å². The summed E-state index contributed by atoms with van der Waals surface area (Å²) in [5, 5.41) is 11.1. The Hall–Kier alpha value is -3.72. The molecule has 0 saturated carbocycles. The van der Waals surface area contributed by atoms with Crippen molar-refractivity contribution in [1.29, 1.82) is 0 Å². The van der Waals surface area contributed by atoms with Crippen molar-refractivity contribution in [3.05, 3.63) is 94.0 Å². The van der Waals surface area contributed by atoms with Crippen LogP contribution in [-0.2, 0) is 16.6 Å². The first-order valence-corrected chi connectivity index (χ1v) is 10.5. The van der Waals surface area contributed by atoms with Crippen LogP contribution >= 0.6 is 0 Å². The Morgan fingerprint density at radius 3 is 2.30 bits per heavy atom. The second kappa shape index (κ2) is 7.27. The van der Waals surface area contributed by atoms with Gasteiger partial charge >= 0.3 is 6.03 Å². The molecule has 0 saturated heterocycles. The fraction of sp³-hybridized carbons (Fsp3) is 0.0952. The molecule has 1 aliphatic heterocycles. The first-order valence-electron chi connectivity index (χ1n) is 9.05. The van der Waals surface area contributed by atoms with Crippen molar-refractivity contribution in [3.63, 3.8) is 0 Å². The molecule has 0 aromatic heterocycles. The molecule has 0 N–H and O–H groups in total. The highest BCUT2D eigenvalue weighted by Crippen LogP contribution is 2.38. The smallest absolute Gasteiger partial charge is 0.287 e. The lowest BCUT2D eigenvalue weighted by atomic mass is 10.1. The molecule has 30 heavy (non-hydrogen) atoms. The number of hydrogen-bond acceptors (Lipinski definition) is 5. The van der Waals surface area contributed by atoms with Crippen LogP contribution in [0.15, 0.2) is 77.7 Å². The average molecular weight is 423 g/mol. The highest BCUT2D eigenvalue weighted by molar-refractivity contribution is 7.94. The number of anilines is 2. The van der Waals surface area contributed by atoms with Crippen molar-refractivity contribution in [3.8, 4) is 0 Å². The number of amides is 2. The lowest BCUT2D eigenvalue weighted by Crippen LogP contribution is -2.51. The van der Waals surface area contributed by atoms with Crippen LogP contribution in [-0.4, -0.2) is 19.4 Å². The Balaban J connectivity index is 1.86. The Kier molecular flexibility index (Phi) is 4.75. The molecule has 3 aromatic carbocycles. The van der Waals surface area contributed by atoms with Crippen molar-refractivity contribution in [1.82, 2.24) is 0 Å². The molecule has 0 spiro atoms. The molecule has 9 heteroatoms. The number of para-hydroxylation sites is 2. The monoisotopic (exact) mass is 423 g/mol. The van der Waals surface area contributed by atoms with Crippen LogP contribution in [0.5, 0.6) is 0 Å². The predicted octanol–water partition coefficient (Wildman–Crippen LogP) is 4.24. The number of hydrogen-bond donors (Lipinski definition) is 0. The minimum Gasteiger partial charge on any atom is -0.287 e. The van der Waals surface area contributed by atoms with E-state index in [-0.39, 0.29) is 28.5 Å². The number of carbonyl (C=O) groups excluding carboxylic acids is 1. The van der Waals surface area contributed by atoms with Crippen molar-refractivity contribution >= 4 is 33.1 Å². The SMILES string of the molecule is Cc1ccccc1N1C(=O)N(Cc2cccc([N+](=O)[O-])c2)c2ccccc2S1(=O)=O. The van der Waals surface area contributed by atoms with Gasteiger partial charge in [-0.25, -0.2) is 13.2 Å². The molecule has 4 rings (SSSR count). The van der Waals surface area contributed by atoms with Crippen molar-refractivity contribution in [2.45, 2.75) is 18.4 Å². The van der Waals surface area contributed by atoms with Crippen LogP contribution < -0.4 is 9.21 Å². The summed E-state index contributed by atoms with van der Waals surface area (Å²) in [5.41, 5.74) is 1.54. The van der Waals surface area contributed by atoms with Gasteiger partial charge in [-0.3, -0.25) is 15.0 Å². The van der Waals surface area contributed by atoms with E-state index in [1.54, 1.807) is 55.5 Å². The van der Waals surface area contributed by atoms with E-state index in [0.717, 1.165) is 4.31 Å². The number of fused-ring (bicyclic) bond motifs is 1. The van der Waals surface area contributed by atoms with E-state index in [0.29, 0.717) is 11.1 Å². The number of aryl methyl sites for hydroxylation is 1. The van der Waals surface area contributed by atoms with Crippen LogP contribution in [0.1, 0.15) is 11.1 Å². The molecule has 0 unspecified atom stereocenters. The van der Waals surface area contributed by atoms with Gasteiger partial charge in [0, 0.05) is 12.1 Å². The molecule has 0 atom stereocenters. The standard InChI is InChI=1S/C21H17N3O5S/c1-15-7-2-3-10-18(15)23-21(25)22(14-16-8-6-9-17(13-16)24(26)27)19-11-4-5-12-20(19)30(23,28)29/h2-13H,14H2,1H3. The summed E-state index contributed by atoms with van der Waals surface area (Å²) in [4.78, 5) is 25.3. The topological polar surface area (TPSA) is 101 Å². The van der Waals surface area contributed by atoms with Crippen molar-refractivity contribution in [2.24, 2.45) is 0 Å². The van der Waals surface area contributed by atoms with E-state index in [9.17, 15) is 23.3 Å². The molecule has 1 aliphatic rings. The Labute approximate surface area is 173 Å². The van der Waals surface area contributed by atoms with Gasteiger partial charge in [-0.1, -0.05) is 42.5 Å². The summed E-state index contributed by atoms with van der Waals surface area (Å²) >= 11 is 0. The molecule has 2 amide bonds. The first-order chi connectivity index (χ1) is 14.3. The minimum atomic E-state index is -4.12. The van der Waals surface area contributed by atoms with Gasteiger partial charge in [0.1, 0.15) is 4.90 Å². The zero-order chi connectivity index (χ0) is 21.5. The first kappa shape index (κ1) is 19.6. The molecule has 1 heterocycles. The molecule has 3 aromatic rings. The summed E-state index contributed by atoms with van der Waals surface area (Å²) in [5.74, 6) is 0. The molecule has 0 fully saturated rings. The summed E-state index contributed by atoms with van der Waals surface area (Å²) in [7, 11) is -4.12. The van der Waals surface area contributed by atoms with E-state index in [4.69, 9.17) is 0 Å². The second-order valence-electron chi connectivity index (χ2n) is 6.82. The van der Waals surface area contributed by atoms with Crippen LogP contribution in [0.2, 0.25) is 0 Å². The summed E-state index contributed by atoms with van der Waals surface area (Å²) in [6.07, 6.45) is 0. The molecular formula is C21H17N3O5S. The van der Waals surface area contributed by atoms with Crippen LogP contribution in [0.3, 0.4) is 0 Å². The molecule has 0 aliphatic carbocycles. The number of sulfonamides is 1. The van der Waals surface area contributed by atoms with E-state index in [1.807, 2.05) is 0 Å². The molecule has 0 bridgehead atoms. The van der Waals surface area contributed by atoms with E-state index < -0.39 is 21.0 Å². The quantitative estimate of drug-likeness (QED) is 0.461. The molecular weight excluding hydrogens is 406 g/mol. The number of carbonyl (C=O) groups is 1. The van der Waals surface area contributed by atoms with Gasteiger partial charge in [0.2, 0.25) is 0 Å². The third-order valence-electron chi connectivity index (χ3n) is 4.88. The van der Waals surface area contributed by atoms with E-state index >= 15 is 0 Å². The Morgan fingerprint density at radius 1 is 0.933 bits per heavy atom. The fourth-order valence-corrected chi connectivity index (χ4v) is 5.10. The third kappa shape index (κ3) is 3.18. The number of non-ortho nitro benzene ring substituents is 1. The maximum absolute atomic E-state index is 13.4. The van der Waals surface area contributed by atoms with Gasteiger partial charge in [0.05, 0.1) is 22.8 Å². The minimum absolute atomic E-state index is 0.00159. The van der Waals surface area contributed by atoms with Gasteiger partial charge in [0.15, 0.2) is 0 Å². The predicted molar refractivity (Wildman–Crippen MR) is 112 cm³/mol. The maximum atomic E-state index is 13.4. The van der Waals surface area contributed by atoms with Crippen molar-refractivity contribution < 1.29 is 18.1 Å². The summed E-state index contributed by atoms with van der Waals surface area (Å²) < 4.78 is 27.4. The molecule has 8 nitrogen and oxygen atoms in total. The Bertz CT molecular complexity index is 1270. The van der Waals surface area contributed by atoms with Gasteiger partial charge in [-0.2, -0.15) is 4.31 Å². The largest absolute Gasteiger partial charge is 0.343 e. The number of nitro groups is 1. The number of benzene rings is 3. The van der Waals surface area contributed by atoms with Gasteiger partial charge < -0.3 is 0 Å². The second-order valence-corrected chi connectivity index (χ2v) is 8.57. The van der Waals surface area contributed by atoms with Gasteiger partial charge in [-0.05, 0) is 36.2 Å². The number of rotatable bonds is 4. The zero-order valence-corrected chi connectivity index (χ0v) is 16.7. The number of nitro benzene ring substituents is 1. The van der Waals surface area contributed by atoms with Crippen molar-refractivity contribution in [2.75, 3.05) is 9.21 Å². The van der Waals surface area contributed by atoms with Crippen LogP contribution in [0.25, 0.3) is 0 Å². The number of urea groups is 1. The lowest BCUT2D eigenvalue weighted by Gasteiger charge is -2.36. The normalized spacial score (nSPS) is 15.0.